The van der Waals surface area contributed by atoms with Crippen molar-refractivity contribution in [1.82, 2.24) is 26.3 Å². The van der Waals surface area contributed by atoms with E-state index in [1.165, 1.54) is 18.7 Å². The maximum absolute atomic E-state index is 14.1. The van der Waals surface area contributed by atoms with Gasteiger partial charge in [0.2, 0.25) is 11.8 Å². The van der Waals surface area contributed by atoms with Crippen LogP contribution in [-0.2, 0) is 44.6 Å². The van der Waals surface area contributed by atoms with E-state index in [9.17, 15) is 28.8 Å². The minimum absolute atomic E-state index is 0.00843. The maximum Gasteiger partial charge on any atom is 0.462 e. The maximum atomic E-state index is 14.1. The van der Waals surface area contributed by atoms with Gasteiger partial charge in [0, 0.05) is 17.5 Å². The number of alkyl carbamates (subject to hydrolysis) is 2. The van der Waals surface area contributed by atoms with Crippen molar-refractivity contribution in [3.8, 4) is 22.6 Å². The van der Waals surface area contributed by atoms with Crippen LogP contribution in [0.25, 0.3) is 11.1 Å². The number of carbonyl (C=O) groups is 6. The van der Waals surface area contributed by atoms with Gasteiger partial charge in [-0.25, -0.2) is 19.4 Å². The molecule has 318 valence electrons. The van der Waals surface area contributed by atoms with Crippen LogP contribution in [0, 0.1) is 0 Å². The molecule has 0 spiro atoms. The molecule has 3 rings (SSSR count). The average Bonchev–Trinajstić information content (AvgIpc) is 3.15. The third kappa shape index (κ3) is 15.4. The summed E-state index contributed by atoms with van der Waals surface area (Å²) in [6.07, 6.45) is 0.458. The summed E-state index contributed by atoms with van der Waals surface area (Å²) in [5, 5.41) is 11.3. The topological polar surface area (TPSA) is 235 Å². The minimum Gasteiger partial charge on any atom is -0.491 e. The van der Waals surface area contributed by atoms with Crippen molar-refractivity contribution in [2.24, 2.45) is 5.73 Å². The molecule has 0 aliphatic carbocycles. The molecule has 0 fully saturated rings. The summed E-state index contributed by atoms with van der Waals surface area (Å²) in [7, 11) is 1.19. The monoisotopic (exact) mass is 942 g/mol. The molecule has 18 nitrogen and oxygen atoms in total. The van der Waals surface area contributed by atoms with Gasteiger partial charge in [0.05, 0.1) is 33.3 Å². The van der Waals surface area contributed by atoms with E-state index >= 15 is 0 Å². The van der Waals surface area contributed by atoms with Crippen LogP contribution >= 0.6 is 34.0 Å². The summed E-state index contributed by atoms with van der Waals surface area (Å²) < 4.78 is 33.4. The largest absolute Gasteiger partial charge is 0.491 e. The number of nitrogens with one attached hydrogen (secondary N) is 4. The lowest BCUT2D eigenvalue weighted by Gasteiger charge is -2.31. The van der Waals surface area contributed by atoms with Gasteiger partial charge in [0.15, 0.2) is 6.04 Å². The second kappa shape index (κ2) is 22.0. The Kier molecular flexibility index (Phi) is 18.2. The van der Waals surface area contributed by atoms with Crippen LogP contribution in [0.2, 0.25) is 0 Å². The molecule has 5 amide bonds. The lowest BCUT2D eigenvalue weighted by atomic mass is 9.94. The standard InChI is InChI=1S/C37H52BIN6O12S/c1-36(2,3)55-34(50)41-13-15-53-27-11-9-22-17-24(27)25-19-23(10-12-28(25)54-16-14-42-35(51)56-37(4,5)6)31(45(30(47)20-40)57-38(39)58-8)32(48)43-21-29(46)44-26(18-22)33(49)52-7/h9-12,17,19,26,31H,13-16,18,20-21,40H2,1-8H3,(H,41,50)(H,42,51)(H,43,48)(H,44,46)/t26-,31?/m0/s1. The van der Waals surface area contributed by atoms with Crippen molar-refractivity contribution in [2.45, 2.75) is 71.2 Å². The number of nitrogens with two attached hydrogens (primary N) is 1. The number of amides is 5. The number of nitrogens with zero attached hydrogens (tertiary/aromatic N) is 1. The second-order valence-electron chi connectivity index (χ2n) is 14.6. The van der Waals surface area contributed by atoms with E-state index in [0.29, 0.717) is 22.4 Å². The highest BCUT2D eigenvalue weighted by molar-refractivity contribution is 14.1. The Balaban J connectivity index is 2.23. The number of rotatable bonds is 14. The second-order valence-corrected chi connectivity index (χ2v) is 17.5. The fourth-order valence-corrected chi connectivity index (χ4v) is 5.73. The molecule has 0 saturated heterocycles. The Morgan fingerprint density at radius 2 is 1.47 bits per heavy atom. The van der Waals surface area contributed by atoms with Crippen LogP contribution in [-0.4, -0.2) is 115 Å². The lowest BCUT2D eigenvalue weighted by molar-refractivity contribution is -0.170. The van der Waals surface area contributed by atoms with E-state index in [0.717, 1.165) is 5.06 Å². The first-order valence-electron chi connectivity index (χ1n) is 18.2. The molecule has 2 atom stereocenters. The Bertz CT molecular complexity index is 1790. The fraction of sp³-hybridized carbons (Fsp3) is 0.514. The third-order valence-corrected chi connectivity index (χ3v) is 9.89. The predicted octanol–water partition coefficient (Wildman–Crippen LogP) is 3.03. The van der Waals surface area contributed by atoms with Crippen LogP contribution in [0.15, 0.2) is 36.4 Å². The Hall–Kier alpha value is -4.48. The summed E-state index contributed by atoms with van der Waals surface area (Å²) in [6, 6.07) is 7.17. The number of halogens is 1. The van der Waals surface area contributed by atoms with Gasteiger partial charge < -0.3 is 55.4 Å². The van der Waals surface area contributed by atoms with Crippen molar-refractivity contribution in [2.75, 3.05) is 52.8 Å². The van der Waals surface area contributed by atoms with E-state index in [4.69, 9.17) is 34.2 Å². The van der Waals surface area contributed by atoms with Crippen LogP contribution in [0.1, 0.15) is 58.7 Å². The third-order valence-electron chi connectivity index (χ3n) is 7.68. The van der Waals surface area contributed by atoms with Gasteiger partial charge in [0.1, 0.15) is 42.0 Å². The molecule has 0 aromatic heterocycles. The van der Waals surface area contributed by atoms with Crippen molar-refractivity contribution in [3.63, 3.8) is 0 Å². The number of benzene rings is 2. The summed E-state index contributed by atoms with van der Waals surface area (Å²) in [6.45, 7) is 9.46. The molecular weight excluding hydrogens is 890 g/mol. The van der Waals surface area contributed by atoms with E-state index in [1.807, 2.05) is 22.4 Å². The molecule has 21 heteroatoms. The van der Waals surface area contributed by atoms with Crippen molar-refractivity contribution in [3.05, 3.63) is 47.5 Å². The fourth-order valence-electron chi connectivity index (χ4n) is 5.31. The highest BCUT2D eigenvalue weighted by atomic mass is 127. The quantitative estimate of drug-likeness (QED) is 0.0458. The molecule has 1 aliphatic rings. The van der Waals surface area contributed by atoms with Crippen LogP contribution in [0.3, 0.4) is 0 Å². The first kappa shape index (κ1) is 47.9. The summed E-state index contributed by atoms with van der Waals surface area (Å²) in [4.78, 5) is 78.2. The molecule has 1 aliphatic heterocycles. The summed E-state index contributed by atoms with van der Waals surface area (Å²) in [5.74, 6) is -2.38. The first-order valence-corrected chi connectivity index (χ1v) is 20.8. The lowest BCUT2D eigenvalue weighted by Crippen LogP contribution is -2.50. The van der Waals surface area contributed by atoms with E-state index in [-0.39, 0.29) is 44.0 Å². The molecule has 2 aromatic rings. The number of hydrogen-bond acceptors (Lipinski definition) is 14. The zero-order chi connectivity index (χ0) is 43.2. The smallest absolute Gasteiger partial charge is 0.462 e. The normalized spacial score (nSPS) is 15.7. The molecule has 2 aromatic carbocycles. The molecule has 0 saturated carbocycles. The van der Waals surface area contributed by atoms with Gasteiger partial charge >= 0.3 is 22.2 Å². The van der Waals surface area contributed by atoms with E-state index in [2.05, 4.69) is 21.3 Å². The van der Waals surface area contributed by atoms with Crippen molar-refractivity contribution >= 4 is 73.9 Å². The summed E-state index contributed by atoms with van der Waals surface area (Å²) >= 11 is 3.20. The molecule has 6 N–H and O–H groups in total. The van der Waals surface area contributed by atoms with Crippen molar-refractivity contribution in [1.29, 1.82) is 0 Å². The van der Waals surface area contributed by atoms with E-state index in [1.54, 1.807) is 84.2 Å². The number of hydroxylamine groups is 2. The van der Waals surface area contributed by atoms with Crippen LogP contribution in [0.4, 0.5) is 9.59 Å². The highest BCUT2D eigenvalue weighted by Gasteiger charge is 2.36. The molecule has 1 heterocycles. The van der Waals surface area contributed by atoms with Crippen LogP contribution < -0.4 is 36.5 Å². The number of ether oxygens (including phenoxy) is 5. The SMILES string of the molecule is COC(=O)[C@@H]1Cc2ccc(OCCNC(=O)OC(C)(C)C)c(c2)-c2cc(ccc2OCCNC(=O)OC(C)(C)C)C(N(OB(I)SC)C(=O)CN)C(=O)NCC(=O)N1. The van der Waals surface area contributed by atoms with Gasteiger partial charge in [-0.15, -0.1) is 0 Å². The zero-order valence-electron chi connectivity index (χ0n) is 33.9. The number of esters is 1. The number of hydrogen-bond donors (Lipinski definition) is 5. The number of methoxy groups -OCH3 is 1. The first-order chi connectivity index (χ1) is 27.2. The van der Waals surface area contributed by atoms with Crippen LogP contribution in [0.5, 0.6) is 11.5 Å². The van der Waals surface area contributed by atoms with Gasteiger partial charge in [-0.05, 0) is 83.2 Å². The highest BCUT2D eigenvalue weighted by Crippen LogP contribution is 2.40. The average molecular weight is 943 g/mol. The summed E-state index contributed by atoms with van der Waals surface area (Å²) in [5.41, 5.74) is 5.96. The Morgan fingerprint density at radius 3 is 1.98 bits per heavy atom. The van der Waals surface area contributed by atoms with E-state index < -0.39 is 76.3 Å². The zero-order valence-corrected chi connectivity index (χ0v) is 36.8. The Morgan fingerprint density at radius 1 is 0.914 bits per heavy atom. The molecule has 0 radical (unpaired) electrons. The predicted molar refractivity (Wildman–Crippen MR) is 225 cm³/mol. The Labute approximate surface area is 355 Å². The van der Waals surface area contributed by atoms with Gasteiger partial charge in [-0.1, -0.05) is 34.5 Å². The van der Waals surface area contributed by atoms with Gasteiger partial charge in [-0.2, -0.15) is 11.6 Å². The number of carbonyl (C=O) groups excluding carboxylic acids is 6. The molecular formula is C37H52BIN6O12S. The molecule has 58 heavy (non-hydrogen) atoms. The molecule has 1 unspecified atom stereocenters. The molecule has 4 bridgehead atoms. The number of fused-ring (bicyclic) bond motifs is 5. The van der Waals surface area contributed by atoms with Gasteiger partial charge in [0.25, 0.3) is 5.91 Å². The van der Waals surface area contributed by atoms with Gasteiger partial charge in [-0.3, -0.25) is 14.4 Å². The van der Waals surface area contributed by atoms with Crippen molar-refractivity contribution < 1.29 is 57.2 Å². The minimum atomic E-state index is -1.49.